The molecule has 0 amide bonds. The Morgan fingerprint density at radius 3 is 2.58 bits per heavy atom. The minimum absolute atomic E-state index is 0.0725. The lowest BCUT2D eigenvalue weighted by Gasteiger charge is -2.25. The minimum atomic E-state index is -1.20. The number of allylic oxidation sites excluding steroid dienone is 4. The summed E-state index contributed by atoms with van der Waals surface area (Å²) in [6, 6.07) is 0. The van der Waals surface area contributed by atoms with Gasteiger partial charge in [0.15, 0.2) is 4.33 Å². The van der Waals surface area contributed by atoms with Crippen molar-refractivity contribution in [1.29, 1.82) is 0 Å². The van der Waals surface area contributed by atoms with E-state index in [0.717, 1.165) is 0 Å². The van der Waals surface area contributed by atoms with Crippen LogP contribution in [0.25, 0.3) is 0 Å². The van der Waals surface area contributed by atoms with Crippen LogP contribution in [0.4, 0.5) is 0 Å². The van der Waals surface area contributed by atoms with Crippen LogP contribution in [0.15, 0.2) is 23.3 Å². The van der Waals surface area contributed by atoms with E-state index < -0.39 is 10.3 Å². The Hall–Kier alpha value is 0.0200. The molecule has 0 aromatic heterocycles. The summed E-state index contributed by atoms with van der Waals surface area (Å²) in [6.07, 6.45) is 4.70. The van der Waals surface area contributed by atoms with E-state index in [2.05, 4.69) is 0 Å². The Morgan fingerprint density at radius 1 is 1.58 bits per heavy atom. The molecular formula is C8H7Cl3O. The van der Waals surface area contributed by atoms with Crippen LogP contribution in [0.2, 0.25) is 0 Å². The summed E-state index contributed by atoms with van der Waals surface area (Å²) in [5.74, 6) is -0.569. The number of rotatable bonds is 1. The lowest BCUT2D eigenvalue weighted by molar-refractivity contribution is -0.119. The van der Waals surface area contributed by atoms with Crippen LogP contribution in [-0.2, 0) is 4.79 Å². The molecular weight excluding hydrogens is 218 g/mol. The van der Waals surface area contributed by atoms with E-state index >= 15 is 0 Å². The van der Waals surface area contributed by atoms with Gasteiger partial charge in [-0.25, -0.2) is 0 Å². The van der Waals surface area contributed by atoms with E-state index in [4.69, 9.17) is 34.8 Å². The summed E-state index contributed by atoms with van der Waals surface area (Å²) in [5, 5.41) is 0.456. The maximum absolute atomic E-state index is 11.0. The highest BCUT2D eigenvalue weighted by Gasteiger charge is 2.36. The number of hydrogen-bond acceptors (Lipinski definition) is 1. The predicted molar refractivity (Wildman–Crippen MR) is 51.7 cm³/mol. The molecule has 0 aromatic rings. The SMILES string of the molecule is CC(=O)C1C=CC(Cl)=CC1(Cl)Cl. The number of alkyl halides is 2. The normalized spacial score (nSPS) is 26.7. The number of ketones is 1. The molecule has 4 heteroatoms. The number of hydrogen-bond donors (Lipinski definition) is 0. The van der Waals surface area contributed by atoms with Gasteiger partial charge in [-0.1, -0.05) is 40.9 Å². The Morgan fingerprint density at radius 2 is 2.17 bits per heavy atom. The van der Waals surface area contributed by atoms with Gasteiger partial charge in [0, 0.05) is 5.03 Å². The molecule has 1 aliphatic carbocycles. The van der Waals surface area contributed by atoms with Gasteiger partial charge in [-0.05, 0) is 19.1 Å². The van der Waals surface area contributed by atoms with Crippen LogP contribution in [0.1, 0.15) is 6.92 Å². The van der Waals surface area contributed by atoms with Crippen molar-refractivity contribution in [3.63, 3.8) is 0 Å². The first-order chi connectivity index (χ1) is 5.43. The van der Waals surface area contributed by atoms with Gasteiger partial charge in [0.05, 0.1) is 5.92 Å². The van der Waals surface area contributed by atoms with Gasteiger partial charge >= 0.3 is 0 Å². The molecule has 66 valence electrons. The summed E-state index contributed by atoms with van der Waals surface area (Å²) in [6.45, 7) is 1.45. The molecule has 1 unspecified atom stereocenters. The Balaban J connectivity index is 2.96. The molecule has 1 atom stereocenters. The van der Waals surface area contributed by atoms with Crippen molar-refractivity contribution in [3.8, 4) is 0 Å². The second kappa shape index (κ2) is 3.41. The fourth-order valence-electron chi connectivity index (χ4n) is 1.04. The topological polar surface area (TPSA) is 17.1 Å². The predicted octanol–water partition coefficient (Wildman–Crippen LogP) is 3.06. The Bertz CT molecular complexity index is 265. The van der Waals surface area contributed by atoms with Crippen LogP contribution in [0, 0.1) is 5.92 Å². The fraction of sp³-hybridized carbons (Fsp3) is 0.375. The molecule has 0 saturated carbocycles. The summed E-state index contributed by atoms with van der Waals surface area (Å²) >= 11 is 17.4. The van der Waals surface area contributed by atoms with Gasteiger partial charge in [0.1, 0.15) is 5.78 Å². The van der Waals surface area contributed by atoms with Gasteiger partial charge in [0.25, 0.3) is 0 Å². The van der Waals surface area contributed by atoms with Crippen molar-refractivity contribution in [2.24, 2.45) is 5.92 Å². The number of Topliss-reactive ketones (excluding diaryl/α,β-unsaturated/α-hetero) is 1. The van der Waals surface area contributed by atoms with Crippen LogP contribution < -0.4 is 0 Å². The van der Waals surface area contributed by atoms with E-state index in [-0.39, 0.29) is 5.78 Å². The summed E-state index contributed by atoms with van der Waals surface area (Å²) in [5.41, 5.74) is 0. The fourth-order valence-corrected chi connectivity index (χ4v) is 2.09. The quantitative estimate of drug-likeness (QED) is 0.627. The van der Waals surface area contributed by atoms with Crippen molar-refractivity contribution in [2.75, 3.05) is 0 Å². The average molecular weight is 226 g/mol. The van der Waals surface area contributed by atoms with Crippen molar-refractivity contribution < 1.29 is 4.79 Å². The van der Waals surface area contributed by atoms with E-state index in [0.29, 0.717) is 5.03 Å². The first-order valence-corrected chi connectivity index (χ1v) is 4.52. The third-order valence-corrected chi connectivity index (χ3v) is 2.55. The first-order valence-electron chi connectivity index (χ1n) is 3.38. The van der Waals surface area contributed by atoms with Crippen molar-refractivity contribution in [3.05, 3.63) is 23.3 Å². The van der Waals surface area contributed by atoms with E-state index in [1.54, 1.807) is 12.2 Å². The monoisotopic (exact) mass is 224 g/mol. The Kier molecular flexibility index (Phi) is 2.87. The zero-order chi connectivity index (χ0) is 9.35. The summed E-state index contributed by atoms with van der Waals surface area (Å²) in [7, 11) is 0. The van der Waals surface area contributed by atoms with Gasteiger partial charge in [-0.15, -0.1) is 0 Å². The van der Waals surface area contributed by atoms with E-state index in [1.807, 2.05) is 0 Å². The highest BCUT2D eigenvalue weighted by molar-refractivity contribution is 6.52. The molecule has 0 bridgehead atoms. The molecule has 1 nitrogen and oxygen atoms in total. The van der Waals surface area contributed by atoms with Gasteiger partial charge in [0.2, 0.25) is 0 Å². The summed E-state index contributed by atoms with van der Waals surface area (Å²) in [4.78, 5) is 11.0. The maximum Gasteiger partial charge on any atom is 0.151 e. The molecule has 0 radical (unpaired) electrons. The van der Waals surface area contributed by atoms with Crippen molar-refractivity contribution >= 4 is 40.6 Å². The Labute approximate surface area is 86.0 Å². The third-order valence-electron chi connectivity index (χ3n) is 1.63. The number of carbonyl (C=O) groups is 1. The third kappa shape index (κ3) is 2.03. The van der Waals surface area contributed by atoms with Crippen LogP contribution in [0.5, 0.6) is 0 Å². The van der Waals surface area contributed by atoms with Crippen molar-refractivity contribution in [1.82, 2.24) is 0 Å². The zero-order valence-electron chi connectivity index (χ0n) is 6.35. The second-order valence-corrected chi connectivity index (χ2v) is 4.53. The average Bonchev–Trinajstić information content (AvgIpc) is 1.82. The second-order valence-electron chi connectivity index (χ2n) is 2.65. The zero-order valence-corrected chi connectivity index (χ0v) is 8.62. The van der Waals surface area contributed by atoms with E-state index in [1.165, 1.54) is 13.0 Å². The van der Waals surface area contributed by atoms with Gasteiger partial charge in [-0.3, -0.25) is 4.79 Å². The number of halogens is 3. The largest absolute Gasteiger partial charge is 0.299 e. The first kappa shape index (κ1) is 10.1. The molecule has 1 aliphatic rings. The van der Waals surface area contributed by atoms with Gasteiger partial charge < -0.3 is 0 Å². The van der Waals surface area contributed by atoms with Crippen molar-refractivity contribution in [2.45, 2.75) is 11.3 Å². The molecule has 0 aliphatic heterocycles. The van der Waals surface area contributed by atoms with Crippen LogP contribution in [0.3, 0.4) is 0 Å². The molecule has 1 rings (SSSR count). The van der Waals surface area contributed by atoms with E-state index in [9.17, 15) is 4.79 Å². The highest BCUT2D eigenvalue weighted by Crippen LogP contribution is 2.38. The molecule has 12 heavy (non-hydrogen) atoms. The molecule has 0 aromatic carbocycles. The molecule has 0 fully saturated rings. The number of carbonyl (C=O) groups excluding carboxylic acids is 1. The minimum Gasteiger partial charge on any atom is -0.299 e. The smallest absolute Gasteiger partial charge is 0.151 e. The lowest BCUT2D eigenvalue weighted by atomic mass is 9.96. The van der Waals surface area contributed by atoms with Crippen LogP contribution >= 0.6 is 34.8 Å². The molecule has 0 spiro atoms. The highest BCUT2D eigenvalue weighted by atomic mass is 35.5. The summed E-state index contributed by atoms with van der Waals surface area (Å²) < 4.78 is -1.20. The lowest BCUT2D eigenvalue weighted by Crippen LogP contribution is -2.29. The maximum atomic E-state index is 11.0. The molecule has 0 saturated heterocycles. The standard InChI is InChI=1S/C8H7Cl3O/c1-5(12)7-3-2-6(9)4-8(7,10)11/h2-4,7H,1H3. The molecule has 0 N–H and O–H groups in total. The van der Waals surface area contributed by atoms with Gasteiger partial charge in [-0.2, -0.15) is 0 Å². The van der Waals surface area contributed by atoms with Crippen LogP contribution in [-0.4, -0.2) is 10.1 Å². The molecule has 0 heterocycles.